The van der Waals surface area contributed by atoms with E-state index in [1.165, 1.54) is 0 Å². The lowest BCUT2D eigenvalue weighted by atomic mass is 10.3. The van der Waals surface area contributed by atoms with Crippen molar-refractivity contribution in [3.05, 3.63) is 21.9 Å². The van der Waals surface area contributed by atoms with Gasteiger partial charge in [0.15, 0.2) is 0 Å². The molecule has 0 fully saturated rings. The second kappa shape index (κ2) is 2.29. The largest absolute Gasteiger partial charge is 0.392 e. The van der Waals surface area contributed by atoms with Crippen LogP contribution in [0.15, 0.2) is 6.07 Å². The van der Waals surface area contributed by atoms with Crippen molar-refractivity contribution in [2.45, 2.75) is 13.5 Å². The van der Waals surface area contributed by atoms with E-state index in [0.717, 1.165) is 10.4 Å². The van der Waals surface area contributed by atoms with Gasteiger partial charge in [0.1, 0.15) is 0 Å². The first kappa shape index (κ1) is 5.79. The SMILES string of the molecule is Cc1s[c]cc1CO. The van der Waals surface area contributed by atoms with Crippen LogP contribution in [-0.4, -0.2) is 5.11 Å². The van der Waals surface area contributed by atoms with Crippen molar-refractivity contribution in [3.63, 3.8) is 0 Å². The number of aliphatic hydroxyl groups excluding tert-OH is 1. The highest BCUT2D eigenvalue weighted by Crippen LogP contribution is 2.13. The van der Waals surface area contributed by atoms with Crippen molar-refractivity contribution < 1.29 is 5.11 Å². The molecule has 1 N–H and O–H groups in total. The third-order valence-electron chi connectivity index (χ3n) is 1.07. The molecule has 2 heteroatoms. The van der Waals surface area contributed by atoms with Crippen LogP contribution >= 0.6 is 11.3 Å². The van der Waals surface area contributed by atoms with E-state index >= 15 is 0 Å². The summed E-state index contributed by atoms with van der Waals surface area (Å²) < 4.78 is 0. The van der Waals surface area contributed by atoms with Crippen LogP contribution < -0.4 is 0 Å². The van der Waals surface area contributed by atoms with Gasteiger partial charge >= 0.3 is 0 Å². The summed E-state index contributed by atoms with van der Waals surface area (Å²) in [6, 6.07) is 1.82. The van der Waals surface area contributed by atoms with E-state index in [9.17, 15) is 0 Å². The zero-order valence-corrected chi connectivity index (χ0v) is 5.46. The number of thiophene rings is 1. The van der Waals surface area contributed by atoms with E-state index in [2.05, 4.69) is 5.38 Å². The first-order valence-electron chi connectivity index (χ1n) is 2.41. The van der Waals surface area contributed by atoms with Gasteiger partial charge in [-0.2, -0.15) is 0 Å². The predicted octanol–water partition coefficient (Wildman–Crippen LogP) is 1.35. The molecule has 8 heavy (non-hydrogen) atoms. The number of aliphatic hydroxyl groups is 1. The minimum atomic E-state index is 0.145. The quantitative estimate of drug-likeness (QED) is 0.603. The minimum Gasteiger partial charge on any atom is -0.392 e. The van der Waals surface area contributed by atoms with Crippen LogP contribution in [0.2, 0.25) is 0 Å². The molecule has 0 saturated heterocycles. The summed E-state index contributed by atoms with van der Waals surface area (Å²) in [6.45, 7) is 2.12. The molecule has 1 radical (unpaired) electrons. The highest BCUT2D eigenvalue weighted by Gasteiger charge is 1.94. The molecule has 1 rings (SSSR count). The summed E-state index contributed by atoms with van der Waals surface area (Å²) in [5.74, 6) is 0. The lowest BCUT2D eigenvalue weighted by Gasteiger charge is -1.87. The number of hydrogen-bond acceptors (Lipinski definition) is 2. The van der Waals surface area contributed by atoms with E-state index in [4.69, 9.17) is 5.11 Å². The van der Waals surface area contributed by atoms with Crippen LogP contribution in [0.5, 0.6) is 0 Å². The molecule has 1 aromatic rings. The van der Waals surface area contributed by atoms with Gasteiger partial charge in [-0.3, -0.25) is 0 Å². The summed E-state index contributed by atoms with van der Waals surface area (Å²) in [5.41, 5.74) is 0.995. The minimum absolute atomic E-state index is 0.145. The van der Waals surface area contributed by atoms with Gasteiger partial charge in [-0.25, -0.2) is 0 Å². The number of rotatable bonds is 1. The molecule has 1 nitrogen and oxygen atoms in total. The Morgan fingerprint density at radius 1 is 1.88 bits per heavy atom. The van der Waals surface area contributed by atoms with Gasteiger partial charge in [0.2, 0.25) is 0 Å². The van der Waals surface area contributed by atoms with Gasteiger partial charge in [0.25, 0.3) is 0 Å². The van der Waals surface area contributed by atoms with Crippen LogP contribution in [0.4, 0.5) is 0 Å². The Morgan fingerprint density at radius 2 is 2.62 bits per heavy atom. The van der Waals surface area contributed by atoms with E-state index in [0.29, 0.717) is 0 Å². The Balaban J connectivity index is 2.92. The van der Waals surface area contributed by atoms with Crippen LogP contribution in [0, 0.1) is 12.3 Å². The molecule has 0 atom stereocenters. The van der Waals surface area contributed by atoms with Gasteiger partial charge in [0.05, 0.1) is 6.61 Å². The lowest BCUT2D eigenvalue weighted by Crippen LogP contribution is -1.78. The molecular weight excluding hydrogens is 120 g/mol. The average molecular weight is 127 g/mol. The van der Waals surface area contributed by atoms with Crippen LogP contribution in [0.3, 0.4) is 0 Å². The Hall–Kier alpha value is -0.340. The fourth-order valence-electron chi connectivity index (χ4n) is 0.513. The Kier molecular flexibility index (Phi) is 1.65. The number of hydrogen-bond donors (Lipinski definition) is 1. The first-order valence-corrected chi connectivity index (χ1v) is 3.22. The van der Waals surface area contributed by atoms with Crippen molar-refractivity contribution in [2.24, 2.45) is 0 Å². The molecule has 0 unspecified atom stereocenters. The molecule has 0 aliphatic heterocycles. The Morgan fingerprint density at radius 3 is 2.88 bits per heavy atom. The van der Waals surface area contributed by atoms with Gasteiger partial charge in [-0.1, -0.05) is 0 Å². The standard InChI is InChI=1S/C6H7OS/c1-5-6(4-7)2-3-8-5/h2,7H,4H2,1H3. The van der Waals surface area contributed by atoms with E-state index in [1.54, 1.807) is 11.3 Å². The summed E-state index contributed by atoms with van der Waals surface area (Å²) in [5, 5.41) is 11.5. The first-order chi connectivity index (χ1) is 3.84. The van der Waals surface area contributed by atoms with Crippen molar-refractivity contribution in [3.8, 4) is 0 Å². The van der Waals surface area contributed by atoms with Gasteiger partial charge in [0, 0.05) is 10.3 Å². The topological polar surface area (TPSA) is 20.2 Å². The third kappa shape index (κ3) is 0.904. The highest BCUT2D eigenvalue weighted by atomic mass is 32.1. The Bertz CT molecular complexity index is 169. The molecule has 0 saturated carbocycles. The van der Waals surface area contributed by atoms with E-state index < -0.39 is 0 Å². The molecular formula is C6H7OS. The second-order valence-electron chi connectivity index (χ2n) is 1.60. The molecule has 0 amide bonds. The van der Waals surface area contributed by atoms with E-state index in [-0.39, 0.29) is 6.61 Å². The number of aryl methyl sites for hydroxylation is 1. The lowest BCUT2D eigenvalue weighted by molar-refractivity contribution is 0.281. The summed E-state index contributed by atoms with van der Waals surface area (Å²) in [4.78, 5) is 1.16. The van der Waals surface area contributed by atoms with Gasteiger partial charge in [-0.15, -0.1) is 11.3 Å². The molecule has 43 valence electrons. The van der Waals surface area contributed by atoms with Crippen LogP contribution in [0.25, 0.3) is 0 Å². The van der Waals surface area contributed by atoms with Crippen molar-refractivity contribution >= 4 is 11.3 Å². The molecule has 0 aliphatic carbocycles. The Labute approximate surface area is 52.6 Å². The summed E-state index contributed by atoms with van der Waals surface area (Å²) in [7, 11) is 0. The van der Waals surface area contributed by atoms with Crippen molar-refractivity contribution in [2.75, 3.05) is 0 Å². The normalized spacial score (nSPS) is 9.75. The summed E-state index contributed by atoms with van der Waals surface area (Å²) >= 11 is 1.54. The monoisotopic (exact) mass is 127 g/mol. The maximum atomic E-state index is 8.59. The maximum absolute atomic E-state index is 8.59. The zero-order chi connectivity index (χ0) is 5.98. The van der Waals surface area contributed by atoms with Gasteiger partial charge < -0.3 is 5.11 Å². The molecule has 0 bridgehead atoms. The van der Waals surface area contributed by atoms with Crippen LogP contribution in [0.1, 0.15) is 10.4 Å². The molecule has 0 aliphatic rings. The second-order valence-corrected chi connectivity index (χ2v) is 2.66. The molecule has 0 aromatic carbocycles. The third-order valence-corrected chi connectivity index (χ3v) is 1.87. The van der Waals surface area contributed by atoms with Crippen molar-refractivity contribution in [1.82, 2.24) is 0 Å². The van der Waals surface area contributed by atoms with Crippen LogP contribution in [-0.2, 0) is 6.61 Å². The highest BCUT2D eigenvalue weighted by molar-refractivity contribution is 7.09. The van der Waals surface area contributed by atoms with Crippen molar-refractivity contribution in [1.29, 1.82) is 0 Å². The van der Waals surface area contributed by atoms with Gasteiger partial charge in [-0.05, 0) is 18.6 Å². The predicted molar refractivity (Wildman–Crippen MR) is 33.8 cm³/mol. The zero-order valence-electron chi connectivity index (χ0n) is 4.64. The fourth-order valence-corrected chi connectivity index (χ4v) is 1.15. The van der Waals surface area contributed by atoms with E-state index in [1.807, 2.05) is 13.0 Å². The molecule has 0 spiro atoms. The average Bonchev–Trinajstić information content (AvgIpc) is 2.14. The molecule has 1 aromatic heterocycles. The summed E-state index contributed by atoms with van der Waals surface area (Å²) in [6.07, 6.45) is 0. The smallest absolute Gasteiger partial charge is 0.0692 e. The maximum Gasteiger partial charge on any atom is 0.0692 e. The fraction of sp³-hybridized carbons (Fsp3) is 0.333. The molecule has 1 heterocycles.